The van der Waals surface area contributed by atoms with Crippen LogP contribution in [-0.4, -0.2) is 47.6 Å². The summed E-state index contributed by atoms with van der Waals surface area (Å²) < 4.78 is 56.8. The number of carbonyl (C=O) groups is 2. The van der Waals surface area contributed by atoms with Gasteiger partial charge in [-0.3, -0.25) is 4.79 Å². The first-order valence-corrected chi connectivity index (χ1v) is 16.6. The van der Waals surface area contributed by atoms with Gasteiger partial charge in [-0.1, -0.05) is 62.2 Å². The van der Waals surface area contributed by atoms with Crippen molar-refractivity contribution in [1.82, 2.24) is 5.32 Å². The Morgan fingerprint density at radius 2 is 1.83 bits per heavy atom. The van der Waals surface area contributed by atoms with E-state index in [2.05, 4.69) is 21.2 Å². The molecular weight excluding hydrogens is 694 g/mol. The van der Waals surface area contributed by atoms with E-state index in [1.165, 1.54) is 55.6 Å². The maximum absolute atomic E-state index is 15.9. The summed E-state index contributed by atoms with van der Waals surface area (Å²) in [6, 6.07) is 11.8. The average Bonchev–Trinajstić information content (AvgIpc) is 3.30. The van der Waals surface area contributed by atoms with E-state index in [1.54, 1.807) is 0 Å². The first-order valence-electron chi connectivity index (χ1n) is 14.3. The van der Waals surface area contributed by atoms with Gasteiger partial charge in [0.1, 0.15) is 22.8 Å². The van der Waals surface area contributed by atoms with Crippen molar-refractivity contribution in [3.05, 3.63) is 93.0 Å². The molecule has 0 bridgehead atoms. The van der Waals surface area contributed by atoms with E-state index >= 15 is 8.78 Å². The summed E-state index contributed by atoms with van der Waals surface area (Å²) in [6.07, 6.45) is 0.261. The average molecular weight is 726 g/mol. The highest BCUT2D eigenvalue weighted by Crippen LogP contribution is 2.53. The van der Waals surface area contributed by atoms with Crippen molar-refractivity contribution in [3.63, 3.8) is 0 Å². The number of nitrogens with one attached hydrogen (secondary N) is 2. The summed E-state index contributed by atoms with van der Waals surface area (Å²) in [6.45, 7) is 4.71. The maximum atomic E-state index is 15.9. The van der Waals surface area contributed by atoms with Gasteiger partial charge in [-0.15, -0.1) is 0 Å². The van der Waals surface area contributed by atoms with E-state index < -0.39 is 67.0 Å². The van der Waals surface area contributed by atoms with Gasteiger partial charge < -0.3 is 29.9 Å². The highest BCUT2D eigenvalue weighted by atomic mass is 35.5. The molecule has 11 nitrogen and oxygen atoms in total. The molecular formula is C32H32Cl2F2N3O8P. The third kappa shape index (κ3) is 7.98. The number of nitriles is 1. The summed E-state index contributed by atoms with van der Waals surface area (Å²) in [4.78, 5) is 44.2. The molecule has 3 aromatic rings. The second-order valence-electron chi connectivity index (χ2n) is 12.3. The van der Waals surface area contributed by atoms with Gasteiger partial charge in [0.15, 0.2) is 0 Å². The second kappa shape index (κ2) is 14.5. The number of methoxy groups -OCH3 is 1. The Bertz CT molecular complexity index is 1810. The Balaban J connectivity index is 1.81. The van der Waals surface area contributed by atoms with Gasteiger partial charge in [-0.05, 0) is 53.8 Å². The molecule has 0 spiro atoms. The zero-order valence-electron chi connectivity index (χ0n) is 26.1. The first-order chi connectivity index (χ1) is 22.4. The fourth-order valence-electron chi connectivity index (χ4n) is 5.92. The van der Waals surface area contributed by atoms with E-state index in [0.29, 0.717) is 0 Å². The minimum absolute atomic E-state index is 0.0151. The molecule has 4 atom stereocenters. The van der Waals surface area contributed by atoms with Crippen LogP contribution in [0.2, 0.25) is 10.0 Å². The van der Waals surface area contributed by atoms with E-state index in [4.69, 9.17) is 42.5 Å². The first kappa shape index (κ1) is 37.2. The summed E-state index contributed by atoms with van der Waals surface area (Å²) in [7, 11) is -3.62. The molecule has 256 valence electrons. The van der Waals surface area contributed by atoms with Crippen LogP contribution in [0.3, 0.4) is 0 Å². The normalized spacial score (nSPS) is 21.0. The van der Waals surface area contributed by atoms with Crippen LogP contribution in [0.1, 0.15) is 54.6 Å². The van der Waals surface area contributed by atoms with Crippen molar-refractivity contribution in [2.45, 2.75) is 50.6 Å². The molecule has 48 heavy (non-hydrogen) atoms. The Morgan fingerprint density at radius 1 is 1.12 bits per heavy atom. The zero-order valence-corrected chi connectivity index (χ0v) is 28.5. The summed E-state index contributed by atoms with van der Waals surface area (Å²) >= 11 is 12.3. The van der Waals surface area contributed by atoms with E-state index in [0.717, 1.165) is 6.07 Å². The Hall–Kier alpha value is -3.60. The van der Waals surface area contributed by atoms with Gasteiger partial charge in [0.05, 0.1) is 35.5 Å². The molecule has 1 fully saturated rings. The fourth-order valence-corrected chi connectivity index (χ4v) is 6.45. The van der Waals surface area contributed by atoms with Crippen molar-refractivity contribution in [2.75, 3.05) is 19.2 Å². The third-order valence-electron chi connectivity index (χ3n) is 7.84. The van der Waals surface area contributed by atoms with Crippen molar-refractivity contribution in [1.29, 1.82) is 5.26 Å². The van der Waals surface area contributed by atoms with Gasteiger partial charge in [0, 0.05) is 22.5 Å². The number of ether oxygens (including phenoxy) is 2. The van der Waals surface area contributed by atoms with Crippen LogP contribution in [0.15, 0.2) is 54.6 Å². The van der Waals surface area contributed by atoms with Gasteiger partial charge in [0.25, 0.3) is 0 Å². The molecule has 4 rings (SSSR count). The second-order valence-corrected chi connectivity index (χ2v) is 14.3. The molecule has 0 aliphatic carbocycles. The lowest BCUT2D eigenvalue weighted by molar-refractivity contribution is -0.118. The standard InChI is InChI=1S/C32H32Cl2F2N3O8P/c1-31(2,3)14-25-32(15-37,20-10-9-18(33)13-22(20)35)26(19-6-5-7-21(34)27(19)36)28(39-25)29(40)38-23-11-8-17(12-24(23)45-4)30(41)46-16-47-48(42,43)44/h5-13,25-26,28,39H,14,16H2,1-4H3,(H,38,40)(H2,42,43,44). The molecule has 1 aliphatic heterocycles. The van der Waals surface area contributed by atoms with Crippen molar-refractivity contribution < 1.29 is 46.7 Å². The predicted octanol–water partition coefficient (Wildman–Crippen LogP) is 6.46. The molecule has 16 heteroatoms. The largest absolute Gasteiger partial charge is 0.495 e. The number of carbonyl (C=O) groups excluding carboxylic acids is 2. The number of rotatable bonds is 10. The number of halogens is 4. The minimum atomic E-state index is -4.88. The number of hydrogen-bond donors (Lipinski definition) is 4. The summed E-state index contributed by atoms with van der Waals surface area (Å²) in [5.74, 6) is -4.78. The van der Waals surface area contributed by atoms with Gasteiger partial charge >= 0.3 is 13.8 Å². The van der Waals surface area contributed by atoms with Crippen LogP contribution < -0.4 is 15.4 Å². The minimum Gasteiger partial charge on any atom is -0.495 e. The molecule has 0 aromatic heterocycles. The van der Waals surface area contributed by atoms with Crippen LogP contribution in [0.25, 0.3) is 0 Å². The molecule has 1 saturated heterocycles. The monoisotopic (exact) mass is 725 g/mol. The molecule has 1 amide bonds. The lowest BCUT2D eigenvalue weighted by Crippen LogP contribution is -2.45. The van der Waals surface area contributed by atoms with Gasteiger partial charge in [-0.2, -0.15) is 5.26 Å². The lowest BCUT2D eigenvalue weighted by Gasteiger charge is -2.37. The number of nitrogens with zero attached hydrogens (tertiary/aromatic N) is 1. The van der Waals surface area contributed by atoms with Gasteiger partial charge in [-0.25, -0.2) is 22.7 Å². The molecule has 1 heterocycles. The van der Waals surface area contributed by atoms with E-state index in [-0.39, 0.29) is 44.6 Å². The number of phosphoric ester groups is 1. The maximum Gasteiger partial charge on any atom is 0.472 e. The van der Waals surface area contributed by atoms with Crippen molar-refractivity contribution in [2.24, 2.45) is 5.41 Å². The molecule has 4 N–H and O–H groups in total. The highest BCUT2D eigenvalue weighted by Gasteiger charge is 2.61. The van der Waals surface area contributed by atoms with Crippen molar-refractivity contribution >= 4 is 48.6 Å². The van der Waals surface area contributed by atoms with Crippen LogP contribution in [-0.2, 0) is 24.0 Å². The number of benzene rings is 3. The van der Waals surface area contributed by atoms with Crippen LogP contribution >= 0.6 is 31.0 Å². The number of hydrogen-bond acceptors (Lipinski definition) is 8. The Kier molecular flexibility index (Phi) is 11.2. The summed E-state index contributed by atoms with van der Waals surface area (Å²) in [5, 5.41) is 16.7. The Morgan fingerprint density at radius 3 is 2.44 bits per heavy atom. The topological polar surface area (TPSA) is 167 Å². The summed E-state index contributed by atoms with van der Waals surface area (Å²) in [5.41, 5.74) is -2.51. The van der Waals surface area contributed by atoms with Gasteiger partial charge in [0.2, 0.25) is 12.7 Å². The van der Waals surface area contributed by atoms with Crippen LogP contribution in [0.4, 0.5) is 14.5 Å². The van der Waals surface area contributed by atoms with E-state index in [9.17, 15) is 19.4 Å². The quantitative estimate of drug-likeness (QED) is 0.103. The smallest absolute Gasteiger partial charge is 0.472 e. The number of esters is 1. The lowest BCUT2D eigenvalue weighted by atomic mass is 9.62. The molecule has 1 aliphatic rings. The highest BCUT2D eigenvalue weighted by molar-refractivity contribution is 7.46. The predicted molar refractivity (Wildman–Crippen MR) is 173 cm³/mol. The fraction of sp³-hybridized carbons (Fsp3) is 0.344. The van der Waals surface area contributed by atoms with E-state index in [1.807, 2.05) is 20.8 Å². The Labute approximate surface area is 285 Å². The third-order valence-corrected chi connectivity index (χ3v) is 8.81. The SMILES string of the molecule is COc1cc(C(=O)OCOP(=O)(O)O)ccc1NC(=O)C1NC(CC(C)(C)C)C(C#N)(c2ccc(Cl)cc2F)C1c1cccc(Cl)c1F. The van der Waals surface area contributed by atoms with Crippen LogP contribution in [0, 0.1) is 28.4 Å². The molecule has 4 unspecified atom stereocenters. The molecule has 0 saturated carbocycles. The molecule has 3 aromatic carbocycles. The number of phosphoric acid groups is 1. The van der Waals surface area contributed by atoms with Crippen LogP contribution in [0.5, 0.6) is 5.75 Å². The zero-order chi connectivity index (χ0) is 35.6. The number of anilines is 1. The number of amides is 1. The molecule has 0 radical (unpaired) electrons. The van der Waals surface area contributed by atoms with Crippen molar-refractivity contribution in [3.8, 4) is 11.8 Å².